The number of hydrogen-bond acceptors (Lipinski definition) is 0. The van der Waals surface area contributed by atoms with E-state index < -0.39 is 0 Å². The molecule has 0 unspecified atom stereocenters. The maximum absolute atomic E-state index is 2.33. The topological polar surface area (TPSA) is 0 Å². The van der Waals surface area contributed by atoms with Gasteiger partial charge < -0.3 is 0 Å². The molecule has 0 aromatic rings. The summed E-state index contributed by atoms with van der Waals surface area (Å²) in [6.45, 7) is 2.24. The van der Waals surface area contributed by atoms with E-state index >= 15 is 0 Å². The third kappa shape index (κ3) is 1.25. The van der Waals surface area contributed by atoms with Gasteiger partial charge in [0.15, 0.2) is 0 Å². The van der Waals surface area contributed by atoms with Crippen LogP contribution >= 0.6 is 0 Å². The van der Waals surface area contributed by atoms with E-state index in [9.17, 15) is 0 Å². The standard InChI is InChI=1S/C8H8B.Sb/c1-2-3-4-8-5-6-9-7-8;/h2-3,5,7H,1,6H2;. The summed E-state index contributed by atoms with van der Waals surface area (Å²) >= 11 is 0.0232. The summed E-state index contributed by atoms with van der Waals surface area (Å²) in [7, 11) is 0. The van der Waals surface area contributed by atoms with E-state index in [-0.39, 0.29) is 21.1 Å². The Labute approximate surface area is 71.9 Å². The Bertz CT molecular complexity index is 230. The van der Waals surface area contributed by atoms with E-state index in [1.54, 1.807) is 3.45 Å². The molecule has 0 N–H and O–H groups in total. The van der Waals surface area contributed by atoms with E-state index in [0.29, 0.717) is 0 Å². The number of rotatable bonds is 1. The van der Waals surface area contributed by atoms with E-state index in [1.807, 2.05) is 0 Å². The molecule has 2 aliphatic rings. The molecule has 0 spiro atoms. The Hall–Kier alpha value is 0.103. The second-order valence-corrected chi connectivity index (χ2v) is 5.75. The van der Waals surface area contributed by atoms with Gasteiger partial charge in [-0.3, -0.25) is 0 Å². The molecule has 2 rings (SSSR count). The quantitative estimate of drug-likeness (QED) is 0.589. The van der Waals surface area contributed by atoms with Gasteiger partial charge in [0, 0.05) is 0 Å². The van der Waals surface area contributed by atoms with Crippen molar-refractivity contribution in [2.75, 3.05) is 0 Å². The first-order valence-corrected chi connectivity index (χ1v) is 6.63. The molecular formula is C8H8BSb. The average molecular weight is 237 g/mol. The van der Waals surface area contributed by atoms with Crippen LogP contribution in [-0.4, -0.2) is 37.5 Å². The molecule has 2 heteroatoms. The van der Waals surface area contributed by atoms with Crippen LogP contribution in [0.25, 0.3) is 0 Å². The fourth-order valence-corrected chi connectivity index (χ4v) is 3.96. The fourth-order valence-electron chi connectivity index (χ4n) is 1.20. The molecule has 0 fully saturated rings. The molecule has 0 amide bonds. The van der Waals surface area contributed by atoms with Crippen molar-refractivity contribution in [3.05, 3.63) is 23.8 Å². The minimum absolute atomic E-state index is 0.0232. The molecular weight excluding hydrogens is 229 g/mol. The van der Waals surface area contributed by atoms with Crippen molar-refractivity contribution in [2.45, 2.75) is 10.7 Å². The Morgan fingerprint density at radius 2 is 2.50 bits per heavy atom. The van der Waals surface area contributed by atoms with Gasteiger partial charge in [0.25, 0.3) is 0 Å². The molecule has 0 saturated carbocycles. The van der Waals surface area contributed by atoms with E-state index in [4.69, 9.17) is 0 Å². The van der Waals surface area contributed by atoms with Crippen LogP contribution in [0, 0.1) is 0 Å². The zero-order valence-electron chi connectivity index (χ0n) is 5.75. The predicted octanol–water partition coefficient (Wildman–Crippen LogP) is 0.716. The van der Waals surface area contributed by atoms with Gasteiger partial charge in [-0.15, -0.1) is 0 Å². The molecule has 0 radical (unpaired) electrons. The molecule has 10 heavy (non-hydrogen) atoms. The zero-order chi connectivity index (χ0) is 6.81. The van der Waals surface area contributed by atoms with Crippen LogP contribution in [0.5, 0.6) is 0 Å². The van der Waals surface area contributed by atoms with Gasteiger partial charge in [0.1, 0.15) is 0 Å². The SMILES string of the molecule is B1=CC([C]2=[Sb][CH2]C=C2)=CC1. The van der Waals surface area contributed by atoms with Crippen LogP contribution in [0.4, 0.5) is 0 Å². The summed E-state index contributed by atoms with van der Waals surface area (Å²) in [5.41, 5.74) is 1.52. The summed E-state index contributed by atoms with van der Waals surface area (Å²) in [4.78, 5) is 0. The fraction of sp³-hybridized carbons (Fsp3) is 0.250. The van der Waals surface area contributed by atoms with Crippen LogP contribution in [0.3, 0.4) is 0 Å². The summed E-state index contributed by atoms with van der Waals surface area (Å²) in [6.07, 6.45) is 8.13. The molecule has 0 nitrogen and oxygen atoms in total. The van der Waals surface area contributed by atoms with Crippen molar-refractivity contribution < 1.29 is 0 Å². The van der Waals surface area contributed by atoms with Gasteiger partial charge >= 0.3 is 72.0 Å². The summed E-state index contributed by atoms with van der Waals surface area (Å²) in [5, 5.41) is 0. The first-order chi connectivity index (χ1) is 4.97. The average Bonchev–Trinajstić information content (AvgIpc) is 2.59. The Kier molecular flexibility index (Phi) is 2.04. The van der Waals surface area contributed by atoms with Crippen molar-refractivity contribution >= 4 is 37.5 Å². The second kappa shape index (κ2) is 3.01. The Morgan fingerprint density at radius 1 is 1.50 bits per heavy atom. The van der Waals surface area contributed by atoms with Gasteiger partial charge in [0.2, 0.25) is 0 Å². The van der Waals surface area contributed by atoms with Crippen LogP contribution in [-0.2, 0) is 0 Å². The van der Waals surface area contributed by atoms with E-state index in [2.05, 4.69) is 31.1 Å². The van der Waals surface area contributed by atoms with E-state index in [0.717, 1.165) is 6.32 Å². The van der Waals surface area contributed by atoms with Crippen molar-refractivity contribution in [3.8, 4) is 0 Å². The molecule has 48 valence electrons. The monoisotopic (exact) mass is 236 g/mol. The summed E-state index contributed by atoms with van der Waals surface area (Å²) in [6, 6.07) is 0. The summed E-state index contributed by atoms with van der Waals surface area (Å²) in [5.74, 6) is 2.26. The first kappa shape index (κ1) is 6.79. The van der Waals surface area contributed by atoms with Gasteiger partial charge in [-0.25, -0.2) is 0 Å². The molecule has 0 aromatic carbocycles. The Balaban J connectivity index is 2.26. The zero-order valence-corrected chi connectivity index (χ0v) is 8.30. The second-order valence-electron chi connectivity index (χ2n) is 2.43. The molecule has 2 heterocycles. The Morgan fingerprint density at radius 3 is 3.10 bits per heavy atom. The normalized spacial score (nSPS) is 20.8. The summed E-state index contributed by atoms with van der Waals surface area (Å²) < 4.78 is 3.06. The van der Waals surface area contributed by atoms with Crippen LogP contribution < -0.4 is 0 Å². The van der Waals surface area contributed by atoms with Crippen molar-refractivity contribution in [3.63, 3.8) is 0 Å². The number of hydrogen-bond donors (Lipinski definition) is 0. The van der Waals surface area contributed by atoms with Gasteiger partial charge in [0.05, 0.1) is 0 Å². The van der Waals surface area contributed by atoms with Gasteiger partial charge in [-0.2, -0.15) is 0 Å². The predicted molar refractivity (Wildman–Crippen MR) is 49.4 cm³/mol. The molecule has 2 aliphatic heterocycles. The van der Waals surface area contributed by atoms with Crippen LogP contribution in [0.15, 0.2) is 23.8 Å². The van der Waals surface area contributed by atoms with E-state index in [1.165, 1.54) is 9.94 Å². The first-order valence-electron chi connectivity index (χ1n) is 3.55. The maximum atomic E-state index is 2.33. The third-order valence-corrected chi connectivity index (χ3v) is 4.97. The third-order valence-electron chi connectivity index (χ3n) is 1.71. The van der Waals surface area contributed by atoms with Crippen LogP contribution in [0.2, 0.25) is 10.7 Å². The number of allylic oxidation sites excluding steroid dienone is 4. The van der Waals surface area contributed by atoms with Gasteiger partial charge in [-0.1, -0.05) is 0 Å². The molecule has 0 aliphatic carbocycles. The molecule has 0 atom stereocenters. The van der Waals surface area contributed by atoms with Crippen LogP contribution in [0.1, 0.15) is 0 Å². The van der Waals surface area contributed by atoms with Crippen molar-refractivity contribution in [1.29, 1.82) is 0 Å². The van der Waals surface area contributed by atoms with Crippen molar-refractivity contribution in [1.82, 2.24) is 0 Å². The van der Waals surface area contributed by atoms with Crippen molar-refractivity contribution in [2.24, 2.45) is 0 Å². The van der Waals surface area contributed by atoms with Gasteiger partial charge in [-0.05, 0) is 0 Å². The molecule has 0 saturated heterocycles. The minimum atomic E-state index is 0.0232. The molecule has 0 aromatic heterocycles. The molecule has 0 bridgehead atoms.